The Balaban J connectivity index is 1.47. The molecular formula is C24H22O4. The first-order chi connectivity index (χ1) is 13.6. The van der Waals surface area contributed by atoms with Crippen molar-refractivity contribution in [1.29, 1.82) is 0 Å². The Kier molecular flexibility index (Phi) is 6.58. The van der Waals surface area contributed by atoms with Crippen LogP contribution in [0.1, 0.15) is 39.6 Å². The summed E-state index contributed by atoms with van der Waals surface area (Å²) >= 11 is 0. The van der Waals surface area contributed by atoms with Gasteiger partial charge in [-0.25, -0.2) is 9.59 Å². The average molecular weight is 374 g/mol. The maximum absolute atomic E-state index is 12.1. The second-order valence-electron chi connectivity index (χ2n) is 6.52. The standard InChI is InChI=1S/C24H22O4/c1-18(27-23(25)20-8-4-2-5-9-20)12-13-19-14-16-22(17-15-19)28-24(26)21-10-6-3-7-11-21/h2-11,14-18H,12-13H2,1H3/t18-/m1/s1. The van der Waals surface area contributed by atoms with Crippen LogP contribution in [0.3, 0.4) is 0 Å². The molecular weight excluding hydrogens is 352 g/mol. The van der Waals surface area contributed by atoms with E-state index in [-0.39, 0.29) is 18.0 Å². The summed E-state index contributed by atoms with van der Waals surface area (Å²) in [5.41, 5.74) is 2.15. The maximum Gasteiger partial charge on any atom is 0.343 e. The monoisotopic (exact) mass is 374 g/mol. The van der Waals surface area contributed by atoms with Crippen molar-refractivity contribution in [2.75, 3.05) is 0 Å². The summed E-state index contributed by atoms with van der Waals surface area (Å²) < 4.78 is 10.8. The van der Waals surface area contributed by atoms with Crippen molar-refractivity contribution >= 4 is 11.9 Å². The highest BCUT2D eigenvalue weighted by molar-refractivity contribution is 5.91. The van der Waals surface area contributed by atoms with Gasteiger partial charge in [0, 0.05) is 0 Å². The first-order valence-corrected chi connectivity index (χ1v) is 9.24. The lowest BCUT2D eigenvalue weighted by Crippen LogP contribution is -2.15. The number of aryl methyl sites for hydroxylation is 1. The number of hydrogen-bond donors (Lipinski definition) is 0. The molecule has 0 unspecified atom stereocenters. The fourth-order valence-corrected chi connectivity index (χ4v) is 2.72. The normalized spacial score (nSPS) is 11.5. The third-order valence-electron chi connectivity index (χ3n) is 4.30. The maximum atomic E-state index is 12.1. The molecule has 0 spiro atoms. The van der Waals surface area contributed by atoms with Gasteiger partial charge >= 0.3 is 11.9 Å². The van der Waals surface area contributed by atoms with Crippen LogP contribution in [0.25, 0.3) is 0 Å². The zero-order valence-corrected chi connectivity index (χ0v) is 15.7. The molecule has 3 aromatic carbocycles. The van der Waals surface area contributed by atoms with E-state index in [1.165, 1.54) is 0 Å². The minimum atomic E-state index is -0.380. The predicted octanol–water partition coefficient (Wildman–Crippen LogP) is 5.08. The summed E-state index contributed by atoms with van der Waals surface area (Å²) in [7, 11) is 0. The van der Waals surface area contributed by atoms with E-state index >= 15 is 0 Å². The van der Waals surface area contributed by atoms with E-state index in [1.807, 2.05) is 43.3 Å². The van der Waals surface area contributed by atoms with E-state index in [4.69, 9.17) is 9.47 Å². The number of benzene rings is 3. The molecule has 0 radical (unpaired) electrons. The lowest BCUT2D eigenvalue weighted by atomic mass is 10.1. The lowest BCUT2D eigenvalue weighted by Gasteiger charge is -2.13. The van der Waals surface area contributed by atoms with Crippen LogP contribution in [0.4, 0.5) is 0 Å². The van der Waals surface area contributed by atoms with Crippen LogP contribution in [0.2, 0.25) is 0 Å². The van der Waals surface area contributed by atoms with E-state index in [1.54, 1.807) is 48.5 Å². The van der Waals surface area contributed by atoms with Gasteiger partial charge in [-0.05, 0) is 61.7 Å². The molecule has 28 heavy (non-hydrogen) atoms. The van der Waals surface area contributed by atoms with Gasteiger partial charge in [-0.2, -0.15) is 0 Å². The van der Waals surface area contributed by atoms with Crippen molar-refractivity contribution in [1.82, 2.24) is 0 Å². The molecule has 0 aliphatic heterocycles. The Bertz CT molecular complexity index is 902. The fourth-order valence-electron chi connectivity index (χ4n) is 2.72. The summed E-state index contributed by atoms with van der Waals surface area (Å²) in [6, 6.07) is 25.2. The molecule has 3 rings (SSSR count). The van der Waals surface area contributed by atoms with Crippen molar-refractivity contribution in [2.45, 2.75) is 25.9 Å². The minimum Gasteiger partial charge on any atom is -0.459 e. The quantitative estimate of drug-likeness (QED) is 0.427. The van der Waals surface area contributed by atoms with Gasteiger partial charge in [-0.1, -0.05) is 48.5 Å². The molecule has 0 N–H and O–H groups in total. The number of ether oxygens (including phenoxy) is 2. The SMILES string of the molecule is C[C@H](CCc1ccc(OC(=O)c2ccccc2)cc1)OC(=O)c1ccccc1. The summed E-state index contributed by atoms with van der Waals surface area (Å²) in [5, 5.41) is 0. The second-order valence-corrected chi connectivity index (χ2v) is 6.52. The molecule has 4 heteroatoms. The molecule has 0 aromatic heterocycles. The van der Waals surface area contributed by atoms with E-state index < -0.39 is 0 Å². The smallest absolute Gasteiger partial charge is 0.343 e. The number of esters is 2. The Morgan fingerprint density at radius 3 is 1.86 bits per heavy atom. The van der Waals surface area contributed by atoms with Gasteiger partial charge < -0.3 is 9.47 Å². The first-order valence-electron chi connectivity index (χ1n) is 9.24. The largest absolute Gasteiger partial charge is 0.459 e. The van der Waals surface area contributed by atoms with Crippen molar-refractivity contribution in [2.24, 2.45) is 0 Å². The van der Waals surface area contributed by atoms with Gasteiger partial charge in [0.15, 0.2) is 0 Å². The fraction of sp³-hybridized carbons (Fsp3) is 0.167. The van der Waals surface area contributed by atoms with Crippen LogP contribution in [0.5, 0.6) is 5.75 Å². The van der Waals surface area contributed by atoms with Crippen molar-refractivity contribution in [3.05, 3.63) is 102 Å². The summed E-state index contributed by atoms with van der Waals surface area (Å²) in [5.74, 6) is -0.188. The Hall–Kier alpha value is -3.40. The van der Waals surface area contributed by atoms with Crippen molar-refractivity contribution in [3.8, 4) is 5.75 Å². The summed E-state index contributed by atoms with van der Waals surface area (Å²) in [6.45, 7) is 1.89. The van der Waals surface area contributed by atoms with Gasteiger partial charge in [0.1, 0.15) is 5.75 Å². The molecule has 0 heterocycles. The predicted molar refractivity (Wildman–Crippen MR) is 107 cm³/mol. The molecule has 3 aromatic rings. The molecule has 0 aliphatic carbocycles. The van der Waals surface area contributed by atoms with E-state index in [2.05, 4.69) is 0 Å². The van der Waals surface area contributed by atoms with E-state index in [0.717, 1.165) is 12.0 Å². The third kappa shape index (κ3) is 5.55. The first kappa shape index (κ1) is 19.4. The molecule has 0 amide bonds. The molecule has 0 saturated heterocycles. The molecule has 0 fully saturated rings. The van der Waals surface area contributed by atoms with Crippen LogP contribution in [-0.2, 0) is 11.2 Å². The van der Waals surface area contributed by atoms with Crippen molar-refractivity contribution < 1.29 is 19.1 Å². The second kappa shape index (κ2) is 9.51. The van der Waals surface area contributed by atoms with E-state index in [0.29, 0.717) is 23.3 Å². The highest BCUT2D eigenvalue weighted by atomic mass is 16.5. The molecule has 0 saturated carbocycles. The minimum absolute atomic E-state index is 0.191. The Morgan fingerprint density at radius 2 is 1.29 bits per heavy atom. The van der Waals surface area contributed by atoms with Crippen LogP contribution < -0.4 is 4.74 Å². The van der Waals surface area contributed by atoms with Gasteiger partial charge in [-0.3, -0.25) is 0 Å². The van der Waals surface area contributed by atoms with Crippen molar-refractivity contribution in [3.63, 3.8) is 0 Å². The van der Waals surface area contributed by atoms with Gasteiger partial charge in [0.05, 0.1) is 17.2 Å². The molecule has 142 valence electrons. The Morgan fingerprint density at radius 1 is 0.750 bits per heavy atom. The molecule has 0 aliphatic rings. The zero-order chi connectivity index (χ0) is 19.8. The van der Waals surface area contributed by atoms with Gasteiger partial charge in [0.2, 0.25) is 0 Å². The lowest BCUT2D eigenvalue weighted by molar-refractivity contribution is 0.0325. The number of rotatable bonds is 7. The summed E-state index contributed by atoms with van der Waals surface area (Å²) in [4.78, 5) is 24.1. The number of carbonyl (C=O) groups is 2. The summed E-state index contributed by atoms with van der Waals surface area (Å²) in [6.07, 6.45) is 1.28. The van der Waals surface area contributed by atoms with Gasteiger partial charge in [-0.15, -0.1) is 0 Å². The molecule has 0 bridgehead atoms. The third-order valence-corrected chi connectivity index (χ3v) is 4.30. The van der Waals surface area contributed by atoms with Crippen LogP contribution in [-0.4, -0.2) is 18.0 Å². The zero-order valence-electron chi connectivity index (χ0n) is 15.7. The highest BCUT2D eigenvalue weighted by Crippen LogP contribution is 2.16. The average Bonchev–Trinajstić information content (AvgIpc) is 2.74. The highest BCUT2D eigenvalue weighted by Gasteiger charge is 2.12. The molecule has 1 atom stereocenters. The van der Waals surface area contributed by atoms with E-state index in [9.17, 15) is 9.59 Å². The topological polar surface area (TPSA) is 52.6 Å². The molecule has 4 nitrogen and oxygen atoms in total. The number of hydrogen-bond acceptors (Lipinski definition) is 4. The van der Waals surface area contributed by atoms with Crippen LogP contribution in [0, 0.1) is 0 Å². The van der Waals surface area contributed by atoms with Gasteiger partial charge in [0.25, 0.3) is 0 Å². The Labute approximate surface area is 164 Å². The van der Waals surface area contributed by atoms with Crippen LogP contribution in [0.15, 0.2) is 84.9 Å². The number of carbonyl (C=O) groups excluding carboxylic acids is 2. The van der Waals surface area contributed by atoms with Crippen LogP contribution >= 0.6 is 0 Å².